The number of nitrogens with one attached hydrogen (secondary N) is 1. The van der Waals surface area contributed by atoms with Gasteiger partial charge in [0.05, 0.1) is 0 Å². The molecule has 1 aliphatic heterocycles. The fourth-order valence-corrected chi connectivity index (χ4v) is 12.6. The van der Waals surface area contributed by atoms with Crippen molar-refractivity contribution in [2.75, 3.05) is 6.61 Å². The third-order valence-corrected chi connectivity index (χ3v) is 15.3. The van der Waals surface area contributed by atoms with Crippen molar-refractivity contribution in [3.63, 3.8) is 0 Å². The number of aromatic nitrogens is 2. The Hall–Kier alpha value is -3.04. The van der Waals surface area contributed by atoms with Gasteiger partial charge in [0.2, 0.25) is 0 Å². The molecule has 3 aromatic carbocycles. The van der Waals surface area contributed by atoms with Crippen LogP contribution in [0.4, 0.5) is 0 Å². The molecule has 4 atom stereocenters. The van der Waals surface area contributed by atoms with Gasteiger partial charge in [-0.2, -0.15) is 0 Å². The van der Waals surface area contributed by atoms with Crippen molar-refractivity contribution in [3.05, 3.63) is 124 Å². The van der Waals surface area contributed by atoms with Gasteiger partial charge in [-0.3, -0.25) is 0 Å². The molecule has 4 aromatic rings. The average Bonchev–Trinajstić information content (AvgIpc) is 3.24. The molecule has 0 aliphatic carbocycles. The van der Waals surface area contributed by atoms with Gasteiger partial charge >= 0.3 is 242 Å². The van der Waals surface area contributed by atoms with E-state index in [9.17, 15) is 14.7 Å². The zero-order valence-corrected chi connectivity index (χ0v) is 25.5. The zero-order chi connectivity index (χ0) is 28.3. The van der Waals surface area contributed by atoms with Crippen LogP contribution in [0.15, 0.2) is 113 Å². The number of hydrogen-bond donors (Lipinski definition) is 2. The minimum atomic E-state index is -2.85. The number of benzene rings is 3. The summed E-state index contributed by atoms with van der Waals surface area (Å²) in [5, 5.41) is 13.6. The Morgan fingerprint density at radius 3 is 1.98 bits per heavy atom. The van der Waals surface area contributed by atoms with E-state index in [1.54, 1.807) is 0 Å². The van der Waals surface area contributed by atoms with Gasteiger partial charge in [0.15, 0.2) is 0 Å². The van der Waals surface area contributed by atoms with E-state index in [0.29, 0.717) is 0 Å². The van der Waals surface area contributed by atoms with Crippen molar-refractivity contribution in [1.29, 1.82) is 0 Å². The molecule has 5 rings (SSSR count). The summed E-state index contributed by atoms with van der Waals surface area (Å²) in [6.45, 7) is 6.91. The van der Waals surface area contributed by atoms with Gasteiger partial charge in [-0.1, -0.05) is 0 Å². The monoisotopic (exact) mass is 622 g/mol. The van der Waals surface area contributed by atoms with Gasteiger partial charge in [0, 0.05) is 0 Å². The maximum absolute atomic E-state index is 12.7. The van der Waals surface area contributed by atoms with E-state index in [0.717, 1.165) is 14.8 Å². The first kappa shape index (κ1) is 28.5. The van der Waals surface area contributed by atoms with E-state index in [1.165, 1.54) is 16.8 Å². The van der Waals surface area contributed by atoms with Crippen LogP contribution in [0.3, 0.4) is 0 Å². The fourth-order valence-electron chi connectivity index (χ4n) is 5.48. The number of nitrogens with zero attached hydrogens (tertiary/aromatic N) is 1. The van der Waals surface area contributed by atoms with Crippen molar-refractivity contribution in [2.24, 2.45) is 0 Å². The third kappa shape index (κ3) is 5.58. The summed E-state index contributed by atoms with van der Waals surface area (Å²) in [7, 11) is -2.85. The Kier molecular flexibility index (Phi) is 8.42. The van der Waals surface area contributed by atoms with Gasteiger partial charge < -0.3 is 0 Å². The Morgan fingerprint density at radius 2 is 1.45 bits per heavy atom. The molecule has 2 heterocycles. The number of aromatic amines is 1. The molecule has 1 fully saturated rings. The van der Waals surface area contributed by atoms with Crippen molar-refractivity contribution in [3.8, 4) is 0 Å². The van der Waals surface area contributed by atoms with Crippen LogP contribution >= 0.6 is 0 Å². The summed E-state index contributed by atoms with van der Waals surface area (Å²) < 4.78 is 16.0. The summed E-state index contributed by atoms with van der Waals surface area (Å²) in [5.41, 5.74) is -1.11. The first-order chi connectivity index (χ1) is 19.2. The molecule has 9 heteroatoms. The molecule has 1 aliphatic rings. The molecule has 40 heavy (non-hydrogen) atoms. The quantitative estimate of drug-likeness (QED) is 0.295. The standard InChI is InChI=1S/C31H34N2O5SeSi/c1-31(2,3)40(23-15-9-5-10-16-23,24-17-11-6-12-18-24)37-21-25-28(39-22-13-7-4-8-14-22)27(35)29(38-25)33-20-19-26(34)32-30(33)36/h4-20,25,27-29,35H,21H2,1-3H3,(H,32,34,36)/t25-,27+,28-,29-/m1/s1. The first-order valence-corrected chi connectivity index (χ1v) is 17.1. The van der Waals surface area contributed by atoms with E-state index in [2.05, 4.69) is 50.0 Å². The summed E-state index contributed by atoms with van der Waals surface area (Å²) >= 11 is -0.166. The predicted octanol–water partition coefficient (Wildman–Crippen LogP) is 2.19. The number of aliphatic hydroxyl groups excluding tert-OH is 1. The molecule has 0 amide bonds. The molecule has 0 spiro atoms. The molecule has 2 N–H and O–H groups in total. The molecule has 0 bridgehead atoms. The Bertz CT molecular complexity index is 1480. The van der Waals surface area contributed by atoms with Crippen molar-refractivity contribution in [1.82, 2.24) is 9.55 Å². The Balaban J connectivity index is 1.54. The second-order valence-corrected chi connectivity index (χ2v) is 17.9. The molecule has 7 nitrogen and oxygen atoms in total. The van der Waals surface area contributed by atoms with Crippen LogP contribution in [-0.4, -0.2) is 56.7 Å². The van der Waals surface area contributed by atoms with Crippen molar-refractivity contribution < 1.29 is 14.3 Å². The number of ether oxygens (including phenoxy) is 1. The van der Waals surface area contributed by atoms with E-state index in [-0.39, 0.29) is 31.4 Å². The van der Waals surface area contributed by atoms with Crippen LogP contribution in [0, 0.1) is 0 Å². The van der Waals surface area contributed by atoms with E-state index in [1.807, 2.05) is 66.7 Å². The zero-order valence-electron chi connectivity index (χ0n) is 22.8. The van der Waals surface area contributed by atoms with Crippen LogP contribution in [0.1, 0.15) is 27.0 Å². The van der Waals surface area contributed by atoms with E-state index >= 15 is 0 Å². The van der Waals surface area contributed by atoms with Crippen LogP contribution in [0.2, 0.25) is 9.85 Å². The van der Waals surface area contributed by atoms with Gasteiger partial charge in [-0.05, 0) is 0 Å². The second kappa shape index (κ2) is 11.8. The van der Waals surface area contributed by atoms with E-state index < -0.39 is 38.0 Å². The molecular formula is C31H34N2O5SeSi. The topological polar surface area (TPSA) is 93.5 Å². The second-order valence-electron chi connectivity index (χ2n) is 10.9. The van der Waals surface area contributed by atoms with Gasteiger partial charge in [-0.15, -0.1) is 0 Å². The molecule has 1 aromatic heterocycles. The third-order valence-electron chi connectivity index (χ3n) is 7.33. The maximum atomic E-state index is 12.7. The Morgan fingerprint density at radius 1 is 0.900 bits per heavy atom. The molecule has 0 unspecified atom stereocenters. The summed E-state index contributed by atoms with van der Waals surface area (Å²) in [5.74, 6) is 0. The molecule has 0 radical (unpaired) electrons. The van der Waals surface area contributed by atoms with E-state index in [4.69, 9.17) is 9.16 Å². The average molecular weight is 622 g/mol. The van der Waals surface area contributed by atoms with Gasteiger partial charge in [0.1, 0.15) is 0 Å². The molecule has 1 saturated heterocycles. The summed E-state index contributed by atoms with van der Waals surface area (Å²) in [6, 6.07) is 32.1. The first-order valence-electron chi connectivity index (χ1n) is 13.3. The number of hydrogen-bond acceptors (Lipinski definition) is 5. The number of H-pyrrole nitrogens is 1. The van der Waals surface area contributed by atoms with Crippen molar-refractivity contribution >= 4 is 38.1 Å². The van der Waals surface area contributed by atoms with Crippen molar-refractivity contribution in [2.45, 2.75) is 49.1 Å². The minimum absolute atomic E-state index is 0.166. The van der Waals surface area contributed by atoms with Crippen LogP contribution in [0.5, 0.6) is 0 Å². The van der Waals surface area contributed by atoms with Gasteiger partial charge in [-0.25, -0.2) is 0 Å². The normalized spacial score (nSPS) is 21.4. The van der Waals surface area contributed by atoms with Crippen LogP contribution < -0.4 is 26.1 Å². The summed E-state index contributed by atoms with van der Waals surface area (Å²) in [4.78, 5) is 26.4. The number of rotatable bonds is 8. The SMILES string of the molecule is CC(C)(C)[Si](OC[C@H]1O[C@@H](n2ccc(=O)[nH]c2=O)[C@@H](O)[C@@H]1[Se]c1ccccc1)(c1ccccc1)c1ccccc1. The number of aliphatic hydroxyl groups is 1. The molecule has 208 valence electrons. The molecular weight excluding hydrogens is 587 g/mol. The Labute approximate surface area is 241 Å². The molecule has 0 saturated carbocycles. The van der Waals surface area contributed by atoms with Gasteiger partial charge in [0.25, 0.3) is 0 Å². The predicted molar refractivity (Wildman–Crippen MR) is 160 cm³/mol. The van der Waals surface area contributed by atoms with Crippen LogP contribution in [0.25, 0.3) is 0 Å². The summed E-state index contributed by atoms with van der Waals surface area (Å²) in [6.07, 6.45) is -0.988. The van der Waals surface area contributed by atoms with Crippen LogP contribution in [-0.2, 0) is 9.16 Å². The fraction of sp³-hybridized carbons (Fsp3) is 0.290.